The van der Waals surface area contributed by atoms with Crippen molar-refractivity contribution in [3.05, 3.63) is 17.1 Å². The van der Waals surface area contributed by atoms with Crippen LogP contribution >= 0.6 is 11.5 Å². The average Bonchev–Trinajstić information content (AvgIpc) is 2.81. The molecule has 3 unspecified atom stereocenters. The van der Waals surface area contributed by atoms with Crippen LogP contribution in [0.2, 0.25) is 0 Å². The predicted molar refractivity (Wildman–Crippen MR) is 65.3 cm³/mol. The second-order valence-corrected chi connectivity index (χ2v) is 5.35. The van der Waals surface area contributed by atoms with Gasteiger partial charge in [-0.1, -0.05) is 13.3 Å². The summed E-state index contributed by atoms with van der Waals surface area (Å²) >= 11 is 1.68. The summed E-state index contributed by atoms with van der Waals surface area (Å²) in [5.74, 6) is 1.61. The van der Waals surface area contributed by atoms with E-state index >= 15 is 0 Å². The van der Waals surface area contributed by atoms with Crippen molar-refractivity contribution in [2.45, 2.75) is 44.6 Å². The molecule has 1 aliphatic carbocycles. The Kier molecular flexibility index (Phi) is 3.76. The standard InChI is InChI=1S/C12H20N2S/c1-3-9-4-5-10(13-2)8-11(9)12-6-7-14-15-12/h6-7,9-11,13H,3-5,8H2,1-2H3. The molecule has 0 aromatic carbocycles. The highest BCUT2D eigenvalue weighted by molar-refractivity contribution is 7.05. The molecule has 3 heteroatoms. The summed E-state index contributed by atoms with van der Waals surface area (Å²) in [5, 5.41) is 3.42. The largest absolute Gasteiger partial charge is 0.317 e. The van der Waals surface area contributed by atoms with Crippen LogP contribution in [0.5, 0.6) is 0 Å². The maximum absolute atomic E-state index is 4.24. The first kappa shape index (κ1) is 11.1. The summed E-state index contributed by atoms with van der Waals surface area (Å²) in [6.45, 7) is 2.32. The second-order valence-electron chi connectivity index (χ2n) is 4.49. The van der Waals surface area contributed by atoms with E-state index < -0.39 is 0 Å². The first-order valence-corrected chi connectivity index (χ1v) is 6.70. The maximum Gasteiger partial charge on any atom is 0.0409 e. The zero-order valence-electron chi connectivity index (χ0n) is 9.57. The normalized spacial score (nSPS) is 31.7. The van der Waals surface area contributed by atoms with Gasteiger partial charge in [0.25, 0.3) is 0 Å². The van der Waals surface area contributed by atoms with Crippen LogP contribution in [-0.2, 0) is 0 Å². The van der Waals surface area contributed by atoms with Gasteiger partial charge in [0.15, 0.2) is 0 Å². The molecule has 0 amide bonds. The van der Waals surface area contributed by atoms with Crippen molar-refractivity contribution in [3.8, 4) is 0 Å². The fourth-order valence-electron chi connectivity index (χ4n) is 2.75. The molecule has 2 nitrogen and oxygen atoms in total. The van der Waals surface area contributed by atoms with Crippen molar-refractivity contribution in [2.24, 2.45) is 5.92 Å². The number of nitrogens with zero attached hydrogens (tertiary/aromatic N) is 1. The summed E-state index contributed by atoms with van der Waals surface area (Å²) in [5.41, 5.74) is 0. The molecule has 0 aliphatic heterocycles. The average molecular weight is 224 g/mol. The fraction of sp³-hybridized carbons (Fsp3) is 0.750. The van der Waals surface area contributed by atoms with Crippen LogP contribution in [0.25, 0.3) is 0 Å². The van der Waals surface area contributed by atoms with Crippen molar-refractivity contribution in [1.82, 2.24) is 9.69 Å². The molecule has 1 aromatic heterocycles. The molecule has 84 valence electrons. The van der Waals surface area contributed by atoms with Crippen LogP contribution < -0.4 is 5.32 Å². The smallest absolute Gasteiger partial charge is 0.0409 e. The molecule has 1 aromatic rings. The van der Waals surface area contributed by atoms with Gasteiger partial charge in [-0.3, -0.25) is 0 Å². The molecule has 2 rings (SSSR count). The second kappa shape index (κ2) is 5.08. The topological polar surface area (TPSA) is 24.9 Å². The van der Waals surface area contributed by atoms with Crippen LogP contribution in [-0.4, -0.2) is 17.5 Å². The van der Waals surface area contributed by atoms with E-state index in [1.807, 2.05) is 6.20 Å². The molecule has 1 N–H and O–H groups in total. The Morgan fingerprint density at radius 2 is 2.40 bits per heavy atom. The highest BCUT2D eigenvalue weighted by Gasteiger charge is 2.30. The fourth-order valence-corrected chi connectivity index (χ4v) is 3.54. The SMILES string of the molecule is CCC1CCC(NC)CC1c1ccns1. The first-order chi connectivity index (χ1) is 7.35. The predicted octanol–water partition coefficient (Wildman–Crippen LogP) is 3.02. The molecular formula is C12H20N2S. The zero-order chi connectivity index (χ0) is 10.7. The molecular weight excluding hydrogens is 204 g/mol. The Hall–Kier alpha value is -0.410. The van der Waals surface area contributed by atoms with Crippen LogP contribution in [0.4, 0.5) is 0 Å². The molecule has 1 aliphatic rings. The first-order valence-electron chi connectivity index (χ1n) is 5.93. The Morgan fingerprint density at radius 3 is 3.00 bits per heavy atom. The number of hydrogen-bond acceptors (Lipinski definition) is 3. The van der Waals surface area contributed by atoms with E-state index in [1.54, 1.807) is 11.5 Å². The monoisotopic (exact) mass is 224 g/mol. The van der Waals surface area contributed by atoms with Crippen LogP contribution in [0.1, 0.15) is 43.4 Å². The van der Waals surface area contributed by atoms with Gasteiger partial charge in [0, 0.05) is 17.1 Å². The quantitative estimate of drug-likeness (QED) is 0.853. The van der Waals surface area contributed by atoms with Gasteiger partial charge in [0.05, 0.1) is 0 Å². The summed E-state index contributed by atoms with van der Waals surface area (Å²) in [7, 11) is 2.08. The van der Waals surface area contributed by atoms with E-state index in [-0.39, 0.29) is 0 Å². The number of rotatable bonds is 3. The Bertz CT molecular complexity index is 284. The number of nitrogens with one attached hydrogen (secondary N) is 1. The molecule has 0 bridgehead atoms. The third-order valence-corrected chi connectivity index (χ3v) is 4.63. The van der Waals surface area contributed by atoms with Gasteiger partial charge in [0.1, 0.15) is 0 Å². The van der Waals surface area contributed by atoms with E-state index in [9.17, 15) is 0 Å². The summed E-state index contributed by atoms with van der Waals surface area (Å²) in [4.78, 5) is 1.49. The number of aromatic nitrogens is 1. The van der Waals surface area contributed by atoms with Crippen molar-refractivity contribution in [3.63, 3.8) is 0 Å². The van der Waals surface area contributed by atoms with E-state index in [1.165, 1.54) is 30.6 Å². The Balaban J connectivity index is 2.10. The van der Waals surface area contributed by atoms with E-state index in [4.69, 9.17) is 0 Å². The third-order valence-electron chi connectivity index (χ3n) is 3.75. The molecule has 1 saturated carbocycles. The van der Waals surface area contributed by atoms with Gasteiger partial charge in [-0.15, -0.1) is 0 Å². The molecule has 3 atom stereocenters. The summed E-state index contributed by atoms with van der Waals surface area (Å²) in [6.07, 6.45) is 7.24. The van der Waals surface area contributed by atoms with E-state index in [0.29, 0.717) is 6.04 Å². The molecule has 0 saturated heterocycles. The minimum Gasteiger partial charge on any atom is -0.317 e. The zero-order valence-corrected chi connectivity index (χ0v) is 10.4. The van der Waals surface area contributed by atoms with Crippen LogP contribution in [0.15, 0.2) is 12.3 Å². The maximum atomic E-state index is 4.24. The highest BCUT2D eigenvalue weighted by atomic mass is 32.1. The lowest BCUT2D eigenvalue weighted by atomic mass is 9.75. The van der Waals surface area contributed by atoms with Gasteiger partial charge in [-0.2, -0.15) is 0 Å². The summed E-state index contributed by atoms with van der Waals surface area (Å²) in [6, 6.07) is 2.91. The Morgan fingerprint density at radius 1 is 1.53 bits per heavy atom. The van der Waals surface area contributed by atoms with E-state index in [0.717, 1.165) is 11.8 Å². The molecule has 1 heterocycles. The highest BCUT2D eigenvalue weighted by Crippen LogP contribution is 2.40. The minimum atomic E-state index is 0.708. The summed E-state index contributed by atoms with van der Waals surface area (Å²) < 4.78 is 4.24. The van der Waals surface area contributed by atoms with Crippen molar-refractivity contribution in [2.75, 3.05) is 7.05 Å². The molecule has 0 radical (unpaired) electrons. The number of hydrogen-bond donors (Lipinski definition) is 1. The molecule has 15 heavy (non-hydrogen) atoms. The Labute approximate surface area is 96.3 Å². The minimum absolute atomic E-state index is 0.708. The molecule has 1 fully saturated rings. The lowest BCUT2D eigenvalue weighted by Gasteiger charge is -2.35. The lowest BCUT2D eigenvalue weighted by Crippen LogP contribution is -2.34. The van der Waals surface area contributed by atoms with Crippen molar-refractivity contribution >= 4 is 11.5 Å². The van der Waals surface area contributed by atoms with Crippen LogP contribution in [0.3, 0.4) is 0 Å². The van der Waals surface area contributed by atoms with Crippen LogP contribution in [0, 0.1) is 5.92 Å². The van der Waals surface area contributed by atoms with Crippen molar-refractivity contribution in [1.29, 1.82) is 0 Å². The van der Waals surface area contributed by atoms with Gasteiger partial charge in [0.2, 0.25) is 0 Å². The lowest BCUT2D eigenvalue weighted by molar-refractivity contribution is 0.257. The van der Waals surface area contributed by atoms with Gasteiger partial charge in [-0.25, -0.2) is 4.37 Å². The van der Waals surface area contributed by atoms with Gasteiger partial charge in [-0.05, 0) is 55.7 Å². The van der Waals surface area contributed by atoms with Gasteiger partial charge >= 0.3 is 0 Å². The molecule has 0 spiro atoms. The van der Waals surface area contributed by atoms with E-state index in [2.05, 4.69) is 29.7 Å². The van der Waals surface area contributed by atoms with Gasteiger partial charge < -0.3 is 5.32 Å². The third kappa shape index (κ3) is 2.40. The van der Waals surface area contributed by atoms with Crippen molar-refractivity contribution < 1.29 is 0 Å².